The maximum absolute atomic E-state index is 17.4. The van der Waals surface area contributed by atoms with Gasteiger partial charge in [-0.25, -0.2) is 0 Å². The molecular formula is C74H64O6Ti. The first kappa shape index (κ1) is 53.2. The molecule has 0 radical (unpaired) electrons. The van der Waals surface area contributed by atoms with E-state index >= 15 is 14.4 Å². The van der Waals surface area contributed by atoms with Crippen molar-refractivity contribution in [2.75, 3.05) is 0 Å². The van der Waals surface area contributed by atoms with Crippen LogP contribution in [0.5, 0.6) is 0 Å². The van der Waals surface area contributed by atoms with Crippen LogP contribution in [0.25, 0.3) is 0 Å². The van der Waals surface area contributed by atoms with Gasteiger partial charge < -0.3 is 0 Å². The monoisotopic (exact) mass is 1100 g/mol. The number of fused-ring (bicyclic) bond motifs is 1. The molecule has 0 N–H and O–H groups in total. The van der Waals surface area contributed by atoms with E-state index in [0.29, 0.717) is 62.9 Å². The van der Waals surface area contributed by atoms with E-state index in [-0.39, 0.29) is 5.92 Å². The van der Waals surface area contributed by atoms with Gasteiger partial charge in [-0.15, -0.1) is 0 Å². The second kappa shape index (κ2) is 23.0. The summed E-state index contributed by atoms with van der Waals surface area (Å²) in [4.78, 5) is 52.3. The van der Waals surface area contributed by atoms with E-state index < -0.39 is 56.1 Å². The van der Waals surface area contributed by atoms with Crippen LogP contribution in [-0.4, -0.2) is 17.9 Å². The van der Waals surface area contributed by atoms with E-state index in [2.05, 4.69) is 6.92 Å². The summed E-state index contributed by atoms with van der Waals surface area (Å²) in [5.74, 6) is -2.22. The third-order valence-corrected chi connectivity index (χ3v) is 21.9. The van der Waals surface area contributed by atoms with Gasteiger partial charge in [0.2, 0.25) is 0 Å². The van der Waals surface area contributed by atoms with Gasteiger partial charge in [0.05, 0.1) is 0 Å². The van der Waals surface area contributed by atoms with Gasteiger partial charge in [-0.05, 0) is 0 Å². The van der Waals surface area contributed by atoms with Crippen molar-refractivity contribution in [2.45, 2.75) is 72.3 Å². The third kappa shape index (κ3) is 9.25. The van der Waals surface area contributed by atoms with Crippen molar-refractivity contribution in [1.82, 2.24) is 0 Å². The van der Waals surface area contributed by atoms with Gasteiger partial charge in [0.15, 0.2) is 0 Å². The first-order valence-electron chi connectivity index (χ1n) is 28.5. The molecule has 3 aliphatic carbocycles. The molecule has 2 atom stereocenters. The Morgan fingerprint density at radius 3 is 0.827 bits per heavy atom. The van der Waals surface area contributed by atoms with Crippen LogP contribution in [0.15, 0.2) is 295 Å². The second-order valence-electron chi connectivity index (χ2n) is 21.6. The Balaban J connectivity index is 1.19. The van der Waals surface area contributed by atoms with Crippen LogP contribution >= 0.6 is 0 Å². The molecule has 0 amide bonds. The molecule has 12 rings (SSSR count). The van der Waals surface area contributed by atoms with Crippen LogP contribution < -0.4 is 0 Å². The van der Waals surface area contributed by atoms with Gasteiger partial charge >= 0.3 is 484 Å². The summed E-state index contributed by atoms with van der Waals surface area (Å²) in [6.07, 6.45) is 5.94. The van der Waals surface area contributed by atoms with Crippen LogP contribution in [-0.2, 0) is 58.3 Å². The Hall–Kier alpha value is -8.42. The summed E-state index contributed by atoms with van der Waals surface area (Å²) < 4.78 is 22.8. The van der Waals surface area contributed by atoms with Gasteiger partial charge in [-0.2, -0.15) is 0 Å². The third-order valence-electron chi connectivity index (χ3n) is 17.4. The Bertz CT molecular complexity index is 3080. The standard InChI is InChI=1S/3C20H16O2.C14H19.Ti/c3*21-19(22)20(16-10-4-1-5-11-16,17-12-6-2-7-13-17)18-14-8-3-9-15-18;1-10-11-6-2-4-8-13(11)14-9-5-3-7-12(10)14;/h3*1-15H,(H,21,22);6,10H,2-5,7-9H2,1H3;/q;;;;+3/p-3. The number of carbonyl (C=O) groups is 3. The van der Waals surface area contributed by atoms with Crippen LogP contribution in [0.1, 0.15) is 102 Å². The Morgan fingerprint density at radius 2 is 0.568 bits per heavy atom. The van der Waals surface area contributed by atoms with Crippen LogP contribution in [0.4, 0.5) is 0 Å². The number of allylic oxidation sites excluding steroid dienone is 4. The predicted molar refractivity (Wildman–Crippen MR) is 315 cm³/mol. The molecule has 9 aromatic carbocycles. The van der Waals surface area contributed by atoms with E-state index in [1.165, 1.54) is 16.7 Å². The fourth-order valence-corrected chi connectivity index (χ4v) is 18.8. The minimum absolute atomic E-state index is 0.0897. The molecule has 7 heteroatoms. The van der Waals surface area contributed by atoms with E-state index in [9.17, 15) is 0 Å². The molecule has 0 saturated carbocycles. The molecule has 400 valence electrons. The quantitative estimate of drug-likeness (QED) is 0.0709. The molecule has 81 heavy (non-hydrogen) atoms. The molecule has 0 heterocycles. The molecule has 0 aromatic heterocycles. The number of hydrogen-bond acceptors (Lipinski definition) is 6. The normalized spacial score (nSPS) is 16.4. The molecule has 9 aromatic rings. The molecule has 0 aliphatic heterocycles. The molecule has 3 aliphatic rings. The molecular weight excluding hydrogens is 1030 g/mol. The zero-order valence-electron chi connectivity index (χ0n) is 45.5. The van der Waals surface area contributed by atoms with Crippen molar-refractivity contribution in [1.29, 1.82) is 0 Å². The van der Waals surface area contributed by atoms with Crippen molar-refractivity contribution in [2.24, 2.45) is 5.92 Å². The molecule has 6 nitrogen and oxygen atoms in total. The minimum atomic E-state index is -6.36. The summed E-state index contributed by atoms with van der Waals surface area (Å²) in [6.45, 7) is 2.26. The maximum atomic E-state index is 17.4. The van der Waals surface area contributed by atoms with Crippen LogP contribution in [0.2, 0.25) is 4.22 Å². The summed E-state index contributed by atoms with van der Waals surface area (Å²) in [5.41, 5.74) is 5.72. The number of rotatable bonds is 16. The Morgan fingerprint density at radius 1 is 0.333 bits per heavy atom. The first-order valence-corrected chi connectivity index (χ1v) is 31.3. The SMILES string of the molecule is CC1C2=C(CCCC2)C2=C1[CH]([Ti]([O]C(=O)C(c1ccccc1)(c1ccccc1)c1ccccc1)([O]C(=O)C(c1ccccc1)(c1ccccc1)c1ccccc1)[O]C(=O)C(c1ccccc1)(c1ccccc1)c1ccccc1)CCC2. The van der Waals surface area contributed by atoms with Gasteiger partial charge in [-0.3, -0.25) is 0 Å². The summed E-state index contributed by atoms with van der Waals surface area (Å²) in [6, 6.07) is 87.1. The average Bonchev–Trinajstić information content (AvgIpc) is 3.91. The summed E-state index contributed by atoms with van der Waals surface area (Å²) in [5, 5.41) is 0. The molecule has 0 spiro atoms. The number of hydrogen-bond donors (Lipinski definition) is 0. The van der Waals surface area contributed by atoms with Gasteiger partial charge in [-0.1, -0.05) is 0 Å². The molecule has 2 unspecified atom stereocenters. The van der Waals surface area contributed by atoms with Crippen molar-refractivity contribution in [3.63, 3.8) is 0 Å². The van der Waals surface area contributed by atoms with E-state index in [1.54, 1.807) is 0 Å². The molecule has 0 saturated heterocycles. The Labute approximate surface area is 480 Å². The predicted octanol–water partition coefficient (Wildman–Crippen LogP) is 16.4. The van der Waals surface area contributed by atoms with E-state index in [1.807, 2.05) is 273 Å². The van der Waals surface area contributed by atoms with Gasteiger partial charge in [0.25, 0.3) is 0 Å². The zero-order chi connectivity index (χ0) is 55.3. The van der Waals surface area contributed by atoms with Crippen molar-refractivity contribution >= 4 is 17.9 Å². The Kier molecular flexibility index (Phi) is 15.1. The fraction of sp³-hybridized carbons (Fsp3) is 0.176. The molecule has 0 fully saturated rings. The molecule has 0 bridgehead atoms. The average molecular weight is 1100 g/mol. The van der Waals surface area contributed by atoms with E-state index in [0.717, 1.165) is 37.7 Å². The zero-order valence-corrected chi connectivity index (χ0v) is 47.1. The number of benzene rings is 9. The van der Waals surface area contributed by atoms with Crippen LogP contribution in [0.3, 0.4) is 0 Å². The van der Waals surface area contributed by atoms with Crippen molar-refractivity contribution in [3.05, 3.63) is 345 Å². The first-order chi connectivity index (χ1) is 39.8. The summed E-state index contributed by atoms with van der Waals surface area (Å²) in [7, 11) is 0. The van der Waals surface area contributed by atoms with Crippen molar-refractivity contribution < 1.29 is 42.1 Å². The fourth-order valence-electron chi connectivity index (χ4n) is 13.8. The van der Waals surface area contributed by atoms with Gasteiger partial charge in [0, 0.05) is 0 Å². The van der Waals surface area contributed by atoms with Crippen LogP contribution in [0, 0.1) is 5.92 Å². The van der Waals surface area contributed by atoms with Gasteiger partial charge in [0.1, 0.15) is 0 Å². The van der Waals surface area contributed by atoms with Crippen molar-refractivity contribution in [3.8, 4) is 0 Å². The summed E-state index contributed by atoms with van der Waals surface area (Å²) >= 11 is -6.36. The second-order valence-corrected chi connectivity index (χ2v) is 25.6. The number of carbonyl (C=O) groups excluding carboxylic acids is 3. The van der Waals surface area contributed by atoms with E-state index in [4.69, 9.17) is 9.96 Å². The topological polar surface area (TPSA) is 78.9 Å².